The summed E-state index contributed by atoms with van der Waals surface area (Å²) in [7, 11) is 0. The highest BCUT2D eigenvalue weighted by atomic mass is 79.9. The van der Waals surface area contributed by atoms with Gasteiger partial charge in [0, 0.05) is 11.3 Å². The average molecular weight is 415 g/mol. The number of hydrogen-bond acceptors (Lipinski definition) is 1. The van der Waals surface area contributed by atoms with Crippen LogP contribution in [0.2, 0.25) is 0 Å². The summed E-state index contributed by atoms with van der Waals surface area (Å²) in [5.41, 5.74) is 6.59. The fraction of sp³-hybridized carbons (Fsp3) is 0.286. The van der Waals surface area contributed by atoms with Gasteiger partial charge in [-0.2, -0.15) is 4.57 Å². The standard InChI is InChI=1S/C21H23N2S.BrH/c1-15-10-11-18(16(2)12-15)19-13-22-20(24-14-21(22,3)4)23(19)17-8-6-5-7-9-17;/h5-13H,14H2,1-4H3;1H/q+1;/p-1. The van der Waals surface area contributed by atoms with Crippen molar-refractivity contribution in [2.75, 3.05) is 5.75 Å². The maximum Gasteiger partial charge on any atom is 0.324 e. The van der Waals surface area contributed by atoms with E-state index in [-0.39, 0.29) is 22.5 Å². The Morgan fingerprint density at radius 2 is 1.76 bits per heavy atom. The van der Waals surface area contributed by atoms with Gasteiger partial charge < -0.3 is 17.0 Å². The summed E-state index contributed by atoms with van der Waals surface area (Å²) < 4.78 is 4.86. The highest BCUT2D eigenvalue weighted by Gasteiger charge is 2.42. The molecule has 0 spiro atoms. The molecule has 2 heterocycles. The van der Waals surface area contributed by atoms with Crippen LogP contribution in [0.3, 0.4) is 0 Å². The molecule has 0 bridgehead atoms. The molecule has 0 atom stereocenters. The molecule has 3 aromatic rings. The summed E-state index contributed by atoms with van der Waals surface area (Å²) >= 11 is 1.95. The van der Waals surface area contributed by atoms with Crippen molar-refractivity contribution in [2.24, 2.45) is 0 Å². The first-order valence-electron chi connectivity index (χ1n) is 8.41. The average Bonchev–Trinajstić information content (AvgIpc) is 3.06. The molecule has 0 saturated heterocycles. The van der Waals surface area contributed by atoms with Crippen molar-refractivity contribution in [2.45, 2.75) is 38.4 Å². The number of benzene rings is 2. The summed E-state index contributed by atoms with van der Waals surface area (Å²) in [5, 5.41) is 1.32. The molecule has 0 fully saturated rings. The van der Waals surface area contributed by atoms with Crippen LogP contribution in [0.1, 0.15) is 25.0 Å². The van der Waals surface area contributed by atoms with E-state index in [1.165, 1.54) is 33.2 Å². The third-order valence-electron chi connectivity index (χ3n) is 4.77. The van der Waals surface area contributed by atoms with Gasteiger partial charge in [-0.3, -0.25) is 0 Å². The van der Waals surface area contributed by atoms with Crippen LogP contribution in [0.4, 0.5) is 0 Å². The second-order valence-corrected chi connectivity index (χ2v) is 8.20. The highest BCUT2D eigenvalue weighted by Crippen LogP contribution is 2.37. The van der Waals surface area contributed by atoms with E-state index in [9.17, 15) is 0 Å². The molecule has 1 aromatic heterocycles. The number of halogens is 1. The first kappa shape index (κ1) is 18.3. The molecule has 130 valence electrons. The molecule has 2 aromatic carbocycles. The first-order chi connectivity index (χ1) is 11.5. The molecule has 25 heavy (non-hydrogen) atoms. The van der Waals surface area contributed by atoms with Gasteiger partial charge in [-0.05, 0) is 57.2 Å². The largest absolute Gasteiger partial charge is 1.00 e. The van der Waals surface area contributed by atoms with Crippen molar-refractivity contribution in [1.82, 2.24) is 4.57 Å². The number of para-hydroxylation sites is 1. The minimum Gasteiger partial charge on any atom is -1.00 e. The van der Waals surface area contributed by atoms with Crippen molar-refractivity contribution in [3.8, 4) is 16.9 Å². The summed E-state index contributed by atoms with van der Waals surface area (Å²) in [5.74, 6) is 1.11. The van der Waals surface area contributed by atoms with Crippen LogP contribution in [0.15, 0.2) is 59.9 Å². The van der Waals surface area contributed by atoms with Crippen LogP contribution in [0.25, 0.3) is 16.9 Å². The predicted molar refractivity (Wildman–Crippen MR) is 101 cm³/mol. The Balaban J connectivity index is 0.00000182. The Kier molecular flexibility index (Phi) is 4.86. The lowest BCUT2D eigenvalue weighted by Crippen LogP contribution is -3.00. The van der Waals surface area contributed by atoms with Crippen LogP contribution in [-0.2, 0) is 5.54 Å². The van der Waals surface area contributed by atoms with Gasteiger partial charge in [0.2, 0.25) is 0 Å². The topological polar surface area (TPSA) is 8.81 Å². The van der Waals surface area contributed by atoms with E-state index < -0.39 is 0 Å². The number of imidazole rings is 1. The van der Waals surface area contributed by atoms with Gasteiger partial charge in [0.25, 0.3) is 0 Å². The molecule has 0 saturated carbocycles. The smallest absolute Gasteiger partial charge is 0.324 e. The molecule has 0 N–H and O–H groups in total. The van der Waals surface area contributed by atoms with E-state index in [0.29, 0.717) is 0 Å². The SMILES string of the molecule is Cc1ccc(-c2c[n+]3c(n2-c2ccccc2)SCC3(C)C)c(C)c1.[Br-]. The van der Waals surface area contributed by atoms with E-state index in [1.807, 2.05) is 11.8 Å². The van der Waals surface area contributed by atoms with Gasteiger partial charge in [0.1, 0.15) is 17.4 Å². The van der Waals surface area contributed by atoms with E-state index in [2.05, 4.69) is 91.6 Å². The maximum atomic E-state index is 2.44. The fourth-order valence-corrected chi connectivity index (χ4v) is 4.84. The summed E-state index contributed by atoms with van der Waals surface area (Å²) in [4.78, 5) is 0. The van der Waals surface area contributed by atoms with Gasteiger partial charge in [0.15, 0.2) is 5.69 Å². The number of hydrogen-bond donors (Lipinski definition) is 0. The molecule has 0 amide bonds. The first-order valence-corrected chi connectivity index (χ1v) is 9.40. The summed E-state index contributed by atoms with van der Waals surface area (Å²) in [6.45, 7) is 8.99. The Labute approximate surface area is 164 Å². The van der Waals surface area contributed by atoms with Crippen LogP contribution < -0.4 is 21.5 Å². The molecular weight excluding hydrogens is 392 g/mol. The Morgan fingerprint density at radius 1 is 1.04 bits per heavy atom. The van der Waals surface area contributed by atoms with Gasteiger partial charge in [-0.25, -0.2) is 4.57 Å². The van der Waals surface area contributed by atoms with E-state index in [1.54, 1.807) is 0 Å². The summed E-state index contributed by atoms with van der Waals surface area (Å²) in [6.07, 6.45) is 2.33. The zero-order valence-corrected chi connectivity index (χ0v) is 17.5. The Bertz CT molecular complexity index is 913. The van der Waals surface area contributed by atoms with Crippen LogP contribution in [0.5, 0.6) is 0 Å². The lowest BCUT2D eigenvalue weighted by molar-refractivity contribution is -0.779. The number of rotatable bonds is 2. The summed E-state index contributed by atoms with van der Waals surface area (Å²) in [6, 6.07) is 17.4. The van der Waals surface area contributed by atoms with Crippen LogP contribution in [-0.4, -0.2) is 10.3 Å². The second kappa shape index (κ2) is 6.65. The molecule has 4 heteroatoms. The van der Waals surface area contributed by atoms with Crippen LogP contribution >= 0.6 is 11.8 Å². The molecule has 0 unspecified atom stereocenters. The van der Waals surface area contributed by atoms with Crippen LogP contribution in [0, 0.1) is 13.8 Å². The lowest BCUT2D eigenvalue weighted by atomic mass is 10.0. The monoisotopic (exact) mass is 414 g/mol. The molecule has 1 aliphatic rings. The minimum atomic E-state index is 0. The van der Waals surface area contributed by atoms with Gasteiger partial charge in [0.05, 0.1) is 0 Å². The molecule has 4 rings (SSSR count). The van der Waals surface area contributed by atoms with Crippen molar-refractivity contribution < 1.29 is 21.5 Å². The quantitative estimate of drug-likeness (QED) is 0.581. The zero-order chi connectivity index (χ0) is 16.9. The molecule has 1 aliphatic heterocycles. The van der Waals surface area contributed by atoms with Crippen molar-refractivity contribution in [3.63, 3.8) is 0 Å². The number of aromatic nitrogens is 2. The molecular formula is C21H23BrN2S. The van der Waals surface area contributed by atoms with Gasteiger partial charge in [-0.15, -0.1) is 0 Å². The molecule has 2 nitrogen and oxygen atoms in total. The number of aryl methyl sites for hydroxylation is 2. The van der Waals surface area contributed by atoms with Gasteiger partial charge in [-0.1, -0.05) is 42.0 Å². The number of fused-ring (bicyclic) bond motifs is 1. The Hall–Kier alpha value is -1.52. The fourth-order valence-electron chi connectivity index (χ4n) is 3.44. The number of nitrogens with zero attached hydrogens (tertiary/aromatic N) is 2. The van der Waals surface area contributed by atoms with E-state index >= 15 is 0 Å². The molecule has 0 aliphatic carbocycles. The maximum absolute atomic E-state index is 2.44. The van der Waals surface area contributed by atoms with E-state index in [4.69, 9.17) is 0 Å². The molecule has 0 radical (unpaired) electrons. The van der Waals surface area contributed by atoms with E-state index in [0.717, 1.165) is 5.75 Å². The number of thioether (sulfide) groups is 1. The van der Waals surface area contributed by atoms with Gasteiger partial charge >= 0.3 is 5.16 Å². The third-order valence-corrected chi connectivity index (χ3v) is 6.26. The zero-order valence-electron chi connectivity index (χ0n) is 15.1. The second-order valence-electron chi connectivity index (χ2n) is 7.26. The Morgan fingerprint density at radius 3 is 2.44 bits per heavy atom. The minimum absolute atomic E-state index is 0. The van der Waals surface area contributed by atoms with Crippen molar-refractivity contribution in [1.29, 1.82) is 0 Å². The third kappa shape index (κ3) is 3.06. The highest BCUT2D eigenvalue weighted by molar-refractivity contribution is 7.99. The van der Waals surface area contributed by atoms with Crippen molar-refractivity contribution in [3.05, 3.63) is 65.9 Å². The van der Waals surface area contributed by atoms with Crippen molar-refractivity contribution >= 4 is 11.8 Å². The predicted octanol–water partition coefficient (Wildman–Crippen LogP) is 1.89. The normalized spacial score (nSPS) is 14.9. The lowest BCUT2D eigenvalue weighted by Gasteiger charge is -2.12.